The standard InChI is InChI=1S/C25H24O6S/c1-17-10-12-22(13-11-17)32(28,29)24(25(27)19-7-5-9-21(15-19)31-3)16-23(26)18-6-4-8-20(14-18)30-2/h4-15,24H,16H2,1-3H3/t24-/m0/s1. The molecule has 6 nitrogen and oxygen atoms in total. The molecule has 0 spiro atoms. The average Bonchev–Trinajstić information content (AvgIpc) is 2.82. The summed E-state index contributed by atoms with van der Waals surface area (Å²) in [6.07, 6.45) is -0.501. The SMILES string of the molecule is COc1cccc(C(=O)C[C@@H](C(=O)c2cccc(OC)c2)S(=O)(=O)c2ccc(C)cc2)c1. The summed E-state index contributed by atoms with van der Waals surface area (Å²) in [5.74, 6) is -0.254. The van der Waals surface area contributed by atoms with Gasteiger partial charge >= 0.3 is 0 Å². The summed E-state index contributed by atoms with van der Waals surface area (Å²) in [7, 11) is -1.22. The van der Waals surface area contributed by atoms with E-state index in [2.05, 4.69) is 0 Å². The van der Waals surface area contributed by atoms with Crippen LogP contribution in [0.25, 0.3) is 0 Å². The van der Waals surface area contributed by atoms with Gasteiger partial charge in [-0.05, 0) is 43.3 Å². The van der Waals surface area contributed by atoms with Crippen molar-refractivity contribution in [2.45, 2.75) is 23.5 Å². The summed E-state index contributed by atoms with van der Waals surface area (Å²) in [5.41, 5.74) is 1.31. The van der Waals surface area contributed by atoms with Gasteiger partial charge in [0.2, 0.25) is 0 Å². The van der Waals surface area contributed by atoms with E-state index in [4.69, 9.17) is 9.47 Å². The fourth-order valence-electron chi connectivity index (χ4n) is 3.28. The first-order valence-corrected chi connectivity index (χ1v) is 11.5. The third-order valence-corrected chi connectivity index (χ3v) is 7.19. The predicted octanol–water partition coefficient (Wildman–Crippen LogP) is 4.31. The second-order valence-electron chi connectivity index (χ2n) is 7.30. The molecule has 0 N–H and O–H groups in total. The van der Waals surface area contributed by atoms with Crippen molar-refractivity contribution in [1.29, 1.82) is 0 Å². The number of rotatable bonds is 9. The van der Waals surface area contributed by atoms with Crippen molar-refractivity contribution in [2.75, 3.05) is 14.2 Å². The molecule has 0 aliphatic carbocycles. The lowest BCUT2D eigenvalue weighted by Crippen LogP contribution is -2.33. The van der Waals surface area contributed by atoms with E-state index in [9.17, 15) is 18.0 Å². The van der Waals surface area contributed by atoms with Crippen LogP contribution in [-0.2, 0) is 9.84 Å². The highest BCUT2D eigenvalue weighted by Crippen LogP contribution is 2.26. The lowest BCUT2D eigenvalue weighted by Gasteiger charge is -2.17. The summed E-state index contributed by atoms with van der Waals surface area (Å²) in [5, 5.41) is -1.59. The molecular weight excluding hydrogens is 428 g/mol. The van der Waals surface area contributed by atoms with Gasteiger partial charge in [-0.1, -0.05) is 42.0 Å². The highest BCUT2D eigenvalue weighted by atomic mass is 32.2. The van der Waals surface area contributed by atoms with E-state index in [-0.39, 0.29) is 16.0 Å². The van der Waals surface area contributed by atoms with E-state index in [1.807, 2.05) is 6.92 Å². The molecule has 3 rings (SSSR count). The number of ketones is 2. The molecule has 7 heteroatoms. The van der Waals surface area contributed by atoms with Gasteiger partial charge in [-0.25, -0.2) is 8.42 Å². The van der Waals surface area contributed by atoms with Crippen molar-refractivity contribution in [3.05, 3.63) is 89.5 Å². The molecule has 0 bridgehead atoms. The third kappa shape index (κ3) is 5.06. The Morgan fingerprint density at radius 3 is 1.91 bits per heavy atom. The van der Waals surface area contributed by atoms with Crippen LogP contribution in [0.15, 0.2) is 77.7 Å². The Balaban J connectivity index is 2.04. The maximum Gasteiger partial charge on any atom is 0.189 e. The van der Waals surface area contributed by atoms with E-state index >= 15 is 0 Å². The minimum atomic E-state index is -4.15. The topological polar surface area (TPSA) is 86.7 Å². The summed E-state index contributed by atoms with van der Waals surface area (Å²) >= 11 is 0. The number of hydrogen-bond acceptors (Lipinski definition) is 6. The fraction of sp³-hybridized carbons (Fsp3) is 0.200. The van der Waals surface area contributed by atoms with Gasteiger partial charge in [0.15, 0.2) is 21.4 Å². The van der Waals surface area contributed by atoms with Gasteiger partial charge in [0.25, 0.3) is 0 Å². The number of hydrogen-bond donors (Lipinski definition) is 0. The van der Waals surface area contributed by atoms with Crippen molar-refractivity contribution >= 4 is 21.4 Å². The van der Waals surface area contributed by atoms with E-state index in [0.717, 1.165) is 5.56 Å². The molecule has 166 valence electrons. The fourth-order valence-corrected chi connectivity index (χ4v) is 4.91. The third-order valence-electron chi connectivity index (χ3n) is 5.13. The Bertz CT molecular complexity index is 1230. The average molecular weight is 453 g/mol. The number of methoxy groups -OCH3 is 2. The second kappa shape index (κ2) is 9.78. The van der Waals surface area contributed by atoms with Gasteiger partial charge in [0, 0.05) is 17.5 Å². The molecule has 3 aromatic rings. The molecule has 0 fully saturated rings. The molecule has 0 aromatic heterocycles. The smallest absolute Gasteiger partial charge is 0.189 e. The molecule has 0 saturated heterocycles. The van der Waals surface area contributed by atoms with Crippen molar-refractivity contribution in [2.24, 2.45) is 0 Å². The molecule has 0 amide bonds. The zero-order chi connectivity index (χ0) is 23.3. The minimum Gasteiger partial charge on any atom is -0.497 e. The molecule has 0 unspecified atom stereocenters. The van der Waals surface area contributed by atoms with Crippen molar-refractivity contribution in [3.8, 4) is 11.5 Å². The number of ether oxygens (including phenoxy) is 2. The van der Waals surface area contributed by atoms with E-state index in [1.54, 1.807) is 42.5 Å². The number of aryl methyl sites for hydroxylation is 1. The van der Waals surface area contributed by atoms with Gasteiger partial charge in [0.1, 0.15) is 16.7 Å². The molecule has 0 radical (unpaired) electrons. The largest absolute Gasteiger partial charge is 0.497 e. The monoisotopic (exact) mass is 452 g/mol. The molecule has 0 saturated carbocycles. The van der Waals surface area contributed by atoms with E-state index in [0.29, 0.717) is 11.5 Å². The Kier molecular flexibility index (Phi) is 7.10. The lowest BCUT2D eigenvalue weighted by atomic mass is 10.0. The maximum atomic E-state index is 13.5. The predicted molar refractivity (Wildman–Crippen MR) is 121 cm³/mol. The van der Waals surface area contributed by atoms with Crippen LogP contribution in [0.3, 0.4) is 0 Å². The van der Waals surface area contributed by atoms with Gasteiger partial charge < -0.3 is 9.47 Å². The first-order valence-electron chi connectivity index (χ1n) is 9.92. The van der Waals surface area contributed by atoms with Gasteiger partial charge in [-0.2, -0.15) is 0 Å². The van der Waals surface area contributed by atoms with Crippen LogP contribution >= 0.6 is 0 Å². The van der Waals surface area contributed by atoms with Gasteiger partial charge in [-0.3, -0.25) is 9.59 Å². The second-order valence-corrected chi connectivity index (χ2v) is 9.43. The van der Waals surface area contributed by atoms with E-state index < -0.39 is 33.1 Å². The Hall–Kier alpha value is -3.45. The van der Waals surface area contributed by atoms with Gasteiger partial charge in [0.05, 0.1) is 19.1 Å². The molecule has 0 aliphatic heterocycles. The van der Waals surface area contributed by atoms with Crippen LogP contribution in [0.1, 0.15) is 32.7 Å². The number of benzene rings is 3. The maximum absolute atomic E-state index is 13.5. The van der Waals surface area contributed by atoms with E-state index in [1.165, 1.54) is 44.6 Å². The van der Waals surface area contributed by atoms with Crippen molar-refractivity contribution in [3.63, 3.8) is 0 Å². The molecule has 0 aliphatic rings. The van der Waals surface area contributed by atoms with Crippen LogP contribution in [0.4, 0.5) is 0 Å². The summed E-state index contributed by atoms with van der Waals surface area (Å²) in [4.78, 5) is 26.4. The Morgan fingerprint density at radius 1 is 0.812 bits per heavy atom. The number of Topliss-reactive ketones (excluding diaryl/α,β-unsaturated/α-hetero) is 2. The molecular formula is C25H24O6S. The van der Waals surface area contributed by atoms with Crippen molar-refractivity contribution < 1.29 is 27.5 Å². The quantitative estimate of drug-likeness (QED) is 0.450. The first-order chi connectivity index (χ1) is 15.3. The zero-order valence-electron chi connectivity index (χ0n) is 18.1. The summed E-state index contributed by atoms with van der Waals surface area (Å²) in [6, 6.07) is 18.9. The number of carbonyl (C=O) groups excluding carboxylic acids is 2. The van der Waals surface area contributed by atoms with Crippen LogP contribution in [0.2, 0.25) is 0 Å². The first kappa shape index (κ1) is 23.2. The number of carbonyl (C=O) groups is 2. The Morgan fingerprint density at radius 2 is 1.34 bits per heavy atom. The van der Waals surface area contributed by atoms with Gasteiger partial charge in [-0.15, -0.1) is 0 Å². The van der Waals surface area contributed by atoms with Crippen LogP contribution in [0.5, 0.6) is 11.5 Å². The molecule has 3 aromatic carbocycles. The molecule has 1 atom stereocenters. The summed E-state index contributed by atoms with van der Waals surface area (Å²) < 4.78 is 37.3. The van der Waals surface area contributed by atoms with Crippen LogP contribution in [0, 0.1) is 6.92 Å². The van der Waals surface area contributed by atoms with Crippen LogP contribution < -0.4 is 9.47 Å². The lowest BCUT2D eigenvalue weighted by molar-refractivity contribution is 0.0920. The number of sulfone groups is 1. The van der Waals surface area contributed by atoms with Crippen molar-refractivity contribution in [1.82, 2.24) is 0 Å². The Labute approximate surface area is 187 Å². The highest BCUT2D eigenvalue weighted by molar-refractivity contribution is 7.92. The van der Waals surface area contributed by atoms with Crippen LogP contribution in [-0.4, -0.2) is 39.5 Å². The summed E-state index contributed by atoms with van der Waals surface area (Å²) in [6.45, 7) is 1.83. The highest BCUT2D eigenvalue weighted by Gasteiger charge is 2.36. The molecule has 32 heavy (non-hydrogen) atoms. The molecule has 0 heterocycles. The normalized spacial score (nSPS) is 12.1. The minimum absolute atomic E-state index is 0.0113. The zero-order valence-corrected chi connectivity index (χ0v) is 18.9.